The van der Waals surface area contributed by atoms with Gasteiger partial charge < -0.3 is 0 Å². The van der Waals surface area contributed by atoms with Crippen LogP contribution >= 0.6 is 11.3 Å². The standard InChI is InChI=1S/C41H27N3S/c1-41(2)32-16-8-5-15-30(32)38-39(41)43-40(37(42-38)26-19-20-29-28-14-7-10-18-35(28)45-36(29)23-26)44-33-17-9-6-13-27(33)31-21-24-11-3-4-12-25(24)22-34(31)44/h3-23H,1-2H3. The molecule has 0 atom stereocenters. The van der Waals surface area contributed by atoms with Gasteiger partial charge in [-0.05, 0) is 46.7 Å². The molecule has 9 aromatic rings. The molecule has 0 radical (unpaired) electrons. The van der Waals surface area contributed by atoms with E-state index in [1.807, 2.05) is 11.3 Å². The zero-order valence-electron chi connectivity index (χ0n) is 24.9. The number of rotatable bonds is 2. The predicted octanol–water partition coefficient (Wildman–Crippen LogP) is 11.1. The molecule has 1 aliphatic carbocycles. The normalized spacial score (nSPS) is 13.7. The lowest BCUT2D eigenvalue weighted by molar-refractivity contribution is 0.633. The van der Waals surface area contributed by atoms with Crippen LogP contribution in [0.25, 0.3) is 81.1 Å². The number of hydrogen-bond donors (Lipinski definition) is 0. The summed E-state index contributed by atoms with van der Waals surface area (Å²) in [4.78, 5) is 11.2. The van der Waals surface area contributed by atoms with Crippen molar-refractivity contribution < 1.29 is 0 Å². The van der Waals surface area contributed by atoms with Gasteiger partial charge in [0.2, 0.25) is 0 Å². The largest absolute Gasteiger partial charge is 0.292 e. The molecule has 3 aromatic heterocycles. The maximum absolute atomic E-state index is 5.65. The molecule has 4 heteroatoms. The van der Waals surface area contributed by atoms with Crippen molar-refractivity contribution in [2.24, 2.45) is 0 Å². The van der Waals surface area contributed by atoms with E-state index in [1.54, 1.807) is 0 Å². The topological polar surface area (TPSA) is 30.7 Å². The van der Waals surface area contributed by atoms with E-state index >= 15 is 0 Å². The summed E-state index contributed by atoms with van der Waals surface area (Å²) < 4.78 is 4.92. The zero-order chi connectivity index (χ0) is 29.9. The van der Waals surface area contributed by atoms with Crippen LogP contribution in [0.2, 0.25) is 0 Å². The van der Waals surface area contributed by atoms with Crippen LogP contribution in [0.4, 0.5) is 0 Å². The van der Waals surface area contributed by atoms with Gasteiger partial charge in [-0.25, -0.2) is 9.97 Å². The van der Waals surface area contributed by atoms with Crippen molar-refractivity contribution in [1.29, 1.82) is 0 Å². The van der Waals surface area contributed by atoms with Crippen molar-refractivity contribution in [3.05, 3.63) is 139 Å². The van der Waals surface area contributed by atoms with E-state index < -0.39 is 0 Å². The van der Waals surface area contributed by atoms with Gasteiger partial charge in [0.15, 0.2) is 5.82 Å². The van der Waals surface area contributed by atoms with Crippen LogP contribution in [-0.2, 0) is 5.41 Å². The minimum Gasteiger partial charge on any atom is -0.292 e. The number of thiophene rings is 1. The number of para-hydroxylation sites is 1. The third-order valence-electron chi connectivity index (χ3n) is 9.73. The van der Waals surface area contributed by atoms with Crippen LogP contribution in [0.15, 0.2) is 127 Å². The Bertz CT molecular complexity index is 2690. The summed E-state index contributed by atoms with van der Waals surface area (Å²) in [6, 6.07) is 46.1. The van der Waals surface area contributed by atoms with E-state index in [0.717, 1.165) is 39.5 Å². The summed E-state index contributed by atoms with van der Waals surface area (Å²) >= 11 is 1.84. The lowest BCUT2D eigenvalue weighted by Gasteiger charge is -2.21. The third kappa shape index (κ3) is 3.40. The molecular formula is C41H27N3S. The molecule has 1 aliphatic rings. The Morgan fingerprint density at radius 3 is 2.16 bits per heavy atom. The molecule has 10 rings (SSSR count). The number of nitrogens with zero attached hydrogens (tertiary/aromatic N) is 3. The van der Waals surface area contributed by atoms with Gasteiger partial charge in [-0.1, -0.05) is 111 Å². The molecule has 3 nitrogen and oxygen atoms in total. The zero-order valence-corrected chi connectivity index (χ0v) is 25.7. The molecule has 0 saturated carbocycles. The van der Waals surface area contributed by atoms with E-state index in [9.17, 15) is 0 Å². The van der Waals surface area contributed by atoms with E-state index in [2.05, 4.69) is 146 Å². The van der Waals surface area contributed by atoms with Gasteiger partial charge in [-0.2, -0.15) is 0 Å². The highest BCUT2D eigenvalue weighted by Crippen LogP contribution is 2.49. The van der Waals surface area contributed by atoms with Gasteiger partial charge in [0.05, 0.1) is 22.4 Å². The lowest BCUT2D eigenvalue weighted by atomic mass is 9.85. The van der Waals surface area contributed by atoms with Crippen molar-refractivity contribution in [2.75, 3.05) is 0 Å². The third-order valence-corrected chi connectivity index (χ3v) is 10.9. The maximum atomic E-state index is 5.65. The monoisotopic (exact) mass is 593 g/mol. The van der Waals surface area contributed by atoms with Crippen LogP contribution in [0, 0.1) is 0 Å². The number of hydrogen-bond acceptors (Lipinski definition) is 3. The Balaban J connectivity index is 1.35. The molecular weight excluding hydrogens is 567 g/mol. The minimum absolute atomic E-state index is 0.271. The Labute approximate surface area is 264 Å². The molecule has 0 saturated heterocycles. The van der Waals surface area contributed by atoms with Crippen molar-refractivity contribution in [3.63, 3.8) is 0 Å². The Kier molecular flexibility index (Phi) is 4.94. The van der Waals surface area contributed by atoms with Gasteiger partial charge in [0.25, 0.3) is 0 Å². The smallest absolute Gasteiger partial charge is 0.164 e. The van der Waals surface area contributed by atoms with Crippen LogP contribution in [0.1, 0.15) is 25.1 Å². The predicted molar refractivity (Wildman–Crippen MR) is 190 cm³/mol. The van der Waals surface area contributed by atoms with Crippen molar-refractivity contribution >= 4 is 64.1 Å². The number of aromatic nitrogens is 3. The first-order valence-corrected chi connectivity index (χ1v) is 16.2. The molecule has 0 amide bonds. The number of fused-ring (bicyclic) bond motifs is 10. The quantitative estimate of drug-likeness (QED) is 0.200. The van der Waals surface area contributed by atoms with Crippen molar-refractivity contribution in [2.45, 2.75) is 19.3 Å². The second-order valence-corrected chi connectivity index (χ2v) is 13.7. The SMILES string of the molecule is CC1(C)c2ccccc2-c2nc(-c3ccc4c(c3)sc3ccccc34)c(-n3c4ccccc4c4cc5ccccc5cc43)nc21. The Morgan fingerprint density at radius 2 is 1.27 bits per heavy atom. The summed E-state index contributed by atoms with van der Waals surface area (Å²) in [5.74, 6) is 0.872. The number of benzene rings is 6. The van der Waals surface area contributed by atoms with Gasteiger partial charge in [-0.15, -0.1) is 11.3 Å². The van der Waals surface area contributed by atoms with Crippen LogP contribution in [-0.4, -0.2) is 14.5 Å². The summed E-state index contributed by atoms with van der Waals surface area (Å²) in [7, 11) is 0. The second-order valence-electron chi connectivity index (χ2n) is 12.6. The fourth-order valence-electron chi connectivity index (χ4n) is 7.52. The van der Waals surface area contributed by atoms with Crippen LogP contribution < -0.4 is 0 Å². The summed E-state index contributed by atoms with van der Waals surface area (Å²) in [5.41, 5.74) is 8.44. The molecule has 0 bridgehead atoms. The highest BCUT2D eigenvalue weighted by Gasteiger charge is 2.39. The van der Waals surface area contributed by atoms with E-state index in [-0.39, 0.29) is 5.41 Å². The van der Waals surface area contributed by atoms with Gasteiger partial charge in [-0.3, -0.25) is 4.57 Å². The van der Waals surface area contributed by atoms with Crippen LogP contribution in [0.3, 0.4) is 0 Å². The molecule has 0 fully saturated rings. The molecule has 6 aromatic carbocycles. The molecule has 45 heavy (non-hydrogen) atoms. The molecule has 3 heterocycles. The van der Waals surface area contributed by atoms with Gasteiger partial charge >= 0.3 is 0 Å². The van der Waals surface area contributed by atoms with Crippen LogP contribution in [0.5, 0.6) is 0 Å². The Hall–Kier alpha value is -5.32. The maximum Gasteiger partial charge on any atom is 0.164 e. The average Bonchev–Trinajstić information content (AvgIpc) is 3.68. The molecule has 212 valence electrons. The minimum atomic E-state index is -0.271. The van der Waals surface area contributed by atoms with E-state index in [1.165, 1.54) is 52.8 Å². The van der Waals surface area contributed by atoms with Gasteiger partial charge in [0.1, 0.15) is 5.69 Å². The summed E-state index contributed by atoms with van der Waals surface area (Å²) in [6.07, 6.45) is 0. The summed E-state index contributed by atoms with van der Waals surface area (Å²) in [5, 5.41) is 7.47. The molecule has 0 aliphatic heterocycles. The molecule has 0 unspecified atom stereocenters. The fraction of sp³-hybridized carbons (Fsp3) is 0.0732. The summed E-state index contributed by atoms with van der Waals surface area (Å²) in [6.45, 7) is 4.55. The lowest BCUT2D eigenvalue weighted by Crippen LogP contribution is -2.18. The van der Waals surface area contributed by atoms with E-state index in [4.69, 9.17) is 9.97 Å². The second kappa shape index (κ2) is 8.87. The van der Waals surface area contributed by atoms with E-state index in [0.29, 0.717) is 0 Å². The molecule has 0 N–H and O–H groups in total. The average molecular weight is 594 g/mol. The fourth-order valence-corrected chi connectivity index (χ4v) is 8.66. The highest BCUT2D eigenvalue weighted by molar-refractivity contribution is 7.25. The first-order chi connectivity index (χ1) is 22.1. The first kappa shape index (κ1) is 25.1. The first-order valence-electron chi connectivity index (χ1n) is 15.4. The Morgan fingerprint density at radius 1 is 0.556 bits per heavy atom. The van der Waals surface area contributed by atoms with Crippen molar-refractivity contribution in [1.82, 2.24) is 14.5 Å². The molecule has 0 spiro atoms. The van der Waals surface area contributed by atoms with Crippen molar-refractivity contribution in [3.8, 4) is 28.3 Å². The highest BCUT2D eigenvalue weighted by atomic mass is 32.1. The van der Waals surface area contributed by atoms with Gasteiger partial charge in [0, 0.05) is 47.5 Å².